The molecule has 4 nitrogen and oxygen atoms in total. The van der Waals surface area contributed by atoms with Crippen molar-refractivity contribution in [1.82, 2.24) is 5.32 Å². The highest BCUT2D eigenvalue weighted by Crippen LogP contribution is 2.21. The van der Waals surface area contributed by atoms with Crippen molar-refractivity contribution >= 4 is 5.97 Å². The topological polar surface area (TPSA) is 47.6 Å². The maximum atomic E-state index is 12.0. The summed E-state index contributed by atoms with van der Waals surface area (Å²) in [5, 5.41) is 3.27. The molecule has 2 fully saturated rings. The summed E-state index contributed by atoms with van der Waals surface area (Å²) in [6.07, 6.45) is 5.31. The van der Waals surface area contributed by atoms with Crippen molar-refractivity contribution in [2.24, 2.45) is 11.8 Å². The Morgan fingerprint density at radius 2 is 2.06 bits per heavy atom. The van der Waals surface area contributed by atoms with Crippen LogP contribution in [0.25, 0.3) is 0 Å². The summed E-state index contributed by atoms with van der Waals surface area (Å²) < 4.78 is 10.8. The minimum absolute atomic E-state index is 0.0559. The van der Waals surface area contributed by atoms with Crippen LogP contribution in [0.2, 0.25) is 0 Å². The Morgan fingerprint density at radius 1 is 1.28 bits per heavy atom. The second-order valence-electron chi connectivity index (χ2n) is 5.49. The average Bonchev–Trinajstić information content (AvgIpc) is 2.46. The molecule has 0 saturated carbocycles. The molecule has 2 rings (SSSR count). The van der Waals surface area contributed by atoms with E-state index in [1.165, 1.54) is 6.42 Å². The van der Waals surface area contributed by atoms with Gasteiger partial charge in [-0.3, -0.25) is 4.79 Å². The summed E-state index contributed by atoms with van der Waals surface area (Å²) in [6, 6.07) is -0.0801. The van der Waals surface area contributed by atoms with E-state index in [0.29, 0.717) is 18.4 Å². The van der Waals surface area contributed by atoms with E-state index in [0.717, 1.165) is 45.4 Å². The first kappa shape index (κ1) is 13.8. The van der Waals surface area contributed by atoms with Crippen LogP contribution in [0.15, 0.2) is 0 Å². The standard InChI is InChI=1S/C14H25NO3/c1-2-11-3-6-15-13(9-11)14(16)18-10-12-4-7-17-8-5-12/h11-13,15H,2-10H2,1H3. The van der Waals surface area contributed by atoms with Gasteiger partial charge < -0.3 is 14.8 Å². The molecule has 2 aliphatic rings. The molecule has 0 aromatic heterocycles. The van der Waals surface area contributed by atoms with E-state index in [1.807, 2.05) is 0 Å². The largest absolute Gasteiger partial charge is 0.464 e. The van der Waals surface area contributed by atoms with Crippen LogP contribution in [0.3, 0.4) is 0 Å². The number of hydrogen-bond donors (Lipinski definition) is 1. The van der Waals surface area contributed by atoms with Gasteiger partial charge in [-0.1, -0.05) is 13.3 Å². The molecule has 2 heterocycles. The Kier molecular flexibility index (Phi) is 5.45. The van der Waals surface area contributed by atoms with Crippen molar-refractivity contribution in [2.45, 2.75) is 45.1 Å². The van der Waals surface area contributed by atoms with E-state index in [4.69, 9.17) is 9.47 Å². The lowest BCUT2D eigenvalue weighted by atomic mass is 9.90. The minimum atomic E-state index is -0.0801. The molecule has 0 radical (unpaired) electrons. The summed E-state index contributed by atoms with van der Waals surface area (Å²) in [6.45, 7) is 5.32. The van der Waals surface area contributed by atoms with Crippen molar-refractivity contribution in [2.75, 3.05) is 26.4 Å². The molecule has 0 spiro atoms. The lowest BCUT2D eigenvalue weighted by molar-refractivity contribution is -0.149. The lowest BCUT2D eigenvalue weighted by Gasteiger charge is -2.29. The zero-order valence-corrected chi connectivity index (χ0v) is 11.3. The number of carbonyl (C=O) groups is 1. The Labute approximate surface area is 109 Å². The number of piperidine rings is 1. The van der Waals surface area contributed by atoms with Crippen LogP contribution in [0, 0.1) is 11.8 Å². The molecule has 0 aliphatic carbocycles. The average molecular weight is 255 g/mol. The van der Waals surface area contributed by atoms with Gasteiger partial charge in [0.1, 0.15) is 6.04 Å². The van der Waals surface area contributed by atoms with E-state index < -0.39 is 0 Å². The van der Waals surface area contributed by atoms with Crippen molar-refractivity contribution < 1.29 is 14.3 Å². The van der Waals surface area contributed by atoms with Crippen LogP contribution >= 0.6 is 0 Å². The van der Waals surface area contributed by atoms with Crippen molar-refractivity contribution in [3.8, 4) is 0 Å². The predicted molar refractivity (Wildman–Crippen MR) is 69.3 cm³/mol. The van der Waals surface area contributed by atoms with Gasteiger partial charge in [-0.25, -0.2) is 0 Å². The van der Waals surface area contributed by atoms with Gasteiger partial charge in [-0.2, -0.15) is 0 Å². The molecule has 4 heteroatoms. The molecule has 0 amide bonds. The molecule has 2 aliphatic heterocycles. The number of nitrogens with one attached hydrogen (secondary N) is 1. The third-order valence-corrected chi connectivity index (χ3v) is 4.18. The second kappa shape index (κ2) is 7.10. The van der Waals surface area contributed by atoms with Crippen molar-refractivity contribution in [3.05, 3.63) is 0 Å². The van der Waals surface area contributed by atoms with Crippen LogP contribution in [0.4, 0.5) is 0 Å². The van der Waals surface area contributed by atoms with Gasteiger partial charge in [-0.05, 0) is 44.1 Å². The molecule has 1 N–H and O–H groups in total. The van der Waals surface area contributed by atoms with E-state index in [9.17, 15) is 4.79 Å². The SMILES string of the molecule is CCC1CCNC(C(=O)OCC2CCOCC2)C1. The van der Waals surface area contributed by atoms with Crippen molar-refractivity contribution in [1.29, 1.82) is 0 Å². The normalized spacial score (nSPS) is 30.1. The van der Waals surface area contributed by atoms with Gasteiger partial charge in [0, 0.05) is 13.2 Å². The van der Waals surface area contributed by atoms with Crippen LogP contribution in [-0.4, -0.2) is 38.4 Å². The van der Waals surface area contributed by atoms with Gasteiger partial charge >= 0.3 is 5.97 Å². The smallest absolute Gasteiger partial charge is 0.323 e. The summed E-state index contributed by atoms with van der Waals surface area (Å²) in [7, 11) is 0. The maximum absolute atomic E-state index is 12.0. The third kappa shape index (κ3) is 3.95. The predicted octanol–water partition coefficient (Wildman–Crippen LogP) is 1.73. The van der Waals surface area contributed by atoms with Crippen LogP contribution < -0.4 is 5.32 Å². The van der Waals surface area contributed by atoms with Crippen LogP contribution in [0.5, 0.6) is 0 Å². The van der Waals surface area contributed by atoms with E-state index in [2.05, 4.69) is 12.2 Å². The first-order valence-corrected chi connectivity index (χ1v) is 7.27. The summed E-state index contributed by atoms with van der Waals surface area (Å²) in [5.41, 5.74) is 0. The monoisotopic (exact) mass is 255 g/mol. The first-order valence-electron chi connectivity index (χ1n) is 7.27. The zero-order chi connectivity index (χ0) is 12.8. The van der Waals surface area contributed by atoms with Gasteiger partial charge in [0.15, 0.2) is 0 Å². The maximum Gasteiger partial charge on any atom is 0.323 e. The van der Waals surface area contributed by atoms with E-state index in [-0.39, 0.29) is 12.0 Å². The van der Waals surface area contributed by atoms with E-state index in [1.54, 1.807) is 0 Å². The lowest BCUT2D eigenvalue weighted by Crippen LogP contribution is -2.44. The highest BCUT2D eigenvalue weighted by molar-refractivity contribution is 5.75. The summed E-state index contributed by atoms with van der Waals surface area (Å²) >= 11 is 0. The number of rotatable bonds is 4. The van der Waals surface area contributed by atoms with Gasteiger partial charge in [0.25, 0.3) is 0 Å². The number of esters is 1. The quantitative estimate of drug-likeness (QED) is 0.777. The highest BCUT2D eigenvalue weighted by atomic mass is 16.5. The fourth-order valence-electron chi connectivity index (χ4n) is 2.76. The fourth-order valence-corrected chi connectivity index (χ4v) is 2.76. The first-order chi connectivity index (χ1) is 8.79. The number of hydrogen-bond acceptors (Lipinski definition) is 4. The van der Waals surface area contributed by atoms with Crippen LogP contribution in [0.1, 0.15) is 39.0 Å². The Morgan fingerprint density at radius 3 is 2.78 bits per heavy atom. The molecule has 0 aromatic carbocycles. The number of carbonyl (C=O) groups excluding carboxylic acids is 1. The Balaban J connectivity index is 1.70. The third-order valence-electron chi connectivity index (χ3n) is 4.18. The van der Waals surface area contributed by atoms with E-state index >= 15 is 0 Å². The fraction of sp³-hybridized carbons (Fsp3) is 0.929. The molecular formula is C14H25NO3. The molecule has 18 heavy (non-hydrogen) atoms. The summed E-state index contributed by atoms with van der Waals surface area (Å²) in [4.78, 5) is 12.0. The molecular weight excluding hydrogens is 230 g/mol. The molecule has 0 bridgehead atoms. The number of ether oxygens (including phenoxy) is 2. The molecule has 2 unspecified atom stereocenters. The molecule has 2 saturated heterocycles. The highest BCUT2D eigenvalue weighted by Gasteiger charge is 2.27. The molecule has 2 atom stereocenters. The Hall–Kier alpha value is -0.610. The van der Waals surface area contributed by atoms with Crippen molar-refractivity contribution in [3.63, 3.8) is 0 Å². The minimum Gasteiger partial charge on any atom is -0.464 e. The van der Waals surface area contributed by atoms with Gasteiger partial charge in [0.05, 0.1) is 6.61 Å². The molecule has 0 aromatic rings. The second-order valence-corrected chi connectivity index (χ2v) is 5.49. The summed E-state index contributed by atoms with van der Waals surface area (Å²) in [5.74, 6) is 1.11. The van der Waals surface area contributed by atoms with Gasteiger partial charge in [-0.15, -0.1) is 0 Å². The Bertz CT molecular complexity index is 264. The van der Waals surface area contributed by atoms with Crippen LogP contribution in [-0.2, 0) is 14.3 Å². The van der Waals surface area contributed by atoms with Gasteiger partial charge in [0.2, 0.25) is 0 Å². The zero-order valence-electron chi connectivity index (χ0n) is 11.3. The molecule has 104 valence electrons.